The molecular formula is C24H37IN6O. The second kappa shape index (κ2) is 11.5. The van der Waals surface area contributed by atoms with E-state index in [0.29, 0.717) is 6.04 Å². The summed E-state index contributed by atoms with van der Waals surface area (Å²) in [6.45, 7) is 12.6. The SMILES string of the molecule is CCNC(=NCCc1c(C)nn(C)c1C)N1CC2OCCN(Cc3ccccc3)C2C1.I. The van der Waals surface area contributed by atoms with Gasteiger partial charge >= 0.3 is 0 Å². The minimum Gasteiger partial charge on any atom is -0.373 e. The number of ether oxygens (including phenoxy) is 1. The Balaban J connectivity index is 0.00000289. The number of rotatable bonds is 6. The van der Waals surface area contributed by atoms with E-state index in [1.165, 1.54) is 16.8 Å². The molecule has 1 aromatic carbocycles. The molecule has 2 saturated heterocycles. The minimum atomic E-state index is 0. The predicted molar refractivity (Wildman–Crippen MR) is 140 cm³/mol. The number of aromatic nitrogens is 2. The van der Waals surface area contributed by atoms with Gasteiger partial charge in [-0.15, -0.1) is 24.0 Å². The molecule has 2 atom stereocenters. The third-order valence-electron chi connectivity index (χ3n) is 6.56. The Bertz CT molecular complexity index is 899. The van der Waals surface area contributed by atoms with Crippen molar-refractivity contribution in [1.29, 1.82) is 0 Å². The minimum absolute atomic E-state index is 0. The van der Waals surface area contributed by atoms with E-state index >= 15 is 0 Å². The van der Waals surface area contributed by atoms with Gasteiger partial charge in [-0.2, -0.15) is 5.10 Å². The third kappa shape index (κ3) is 5.63. The summed E-state index contributed by atoms with van der Waals surface area (Å²) in [5.41, 5.74) is 5.02. The molecule has 0 saturated carbocycles. The number of benzene rings is 1. The van der Waals surface area contributed by atoms with Crippen molar-refractivity contribution in [1.82, 2.24) is 24.9 Å². The lowest BCUT2D eigenvalue weighted by Crippen LogP contribution is -2.50. The molecule has 2 fully saturated rings. The van der Waals surface area contributed by atoms with Crippen LogP contribution < -0.4 is 5.32 Å². The van der Waals surface area contributed by atoms with Crippen LogP contribution in [0.5, 0.6) is 0 Å². The number of hydrogen-bond donors (Lipinski definition) is 1. The number of aryl methyl sites for hydroxylation is 2. The van der Waals surface area contributed by atoms with E-state index in [-0.39, 0.29) is 30.1 Å². The molecule has 2 unspecified atom stereocenters. The van der Waals surface area contributed by atoms with Crippen LogP contribution in [0.25, 0.3) is 0 Å². The van der Waals surface area contributed by atoms with Crippen molar-refractivity contribution in [3.63, 3.8) is 0 Å². The fraction of sp³-hybridized carbons (Fsp3) is 0.583. The zero-order chi connectivity index (χ0) is 21.8. The first-order chi connectivity index (χ1) is 15.1. The summed E-state index contributed by atoms with van der Waals surface area (Å²) in [5, 5.41) is 8.03. The van der Waals surface area contributed by atoms with Gasteiger partial charge in [0.25, 0.3) is 0 Å². The Kier molecular flexibility index (Phi) is 8.95. The number of aliphatic imine (C=N–C) groups is 1. The van der Waals surface area contributed by atoms with Crippen LogP contribution in [-0.2, 0) is 24.8 Å². The molecule has 7 nitrogen and oxygen atoms in total. The zero-order valence-electron chi connectivity index (χ0n) is 19.8. The highest BCUT2D eigenvalue weighted by atomic mass is 127. The van der Waals surface area contributed by atoms with Crippen LogP contribution in [0.15, 0.2) is 35.3 Å². The average molecular weight is 553 g/mol. The van der Waals surface area contributed by atoms with Gasteiger partial charge in [-0.1, -0.05) is 30.3 Å². The number of morpholine rings is 1. The van der Waals surface area contributed by atoms with Gasteiger partial charge < -0.3 is 15.0 Å². The number of fused-ring (bicyclic) bond motifs is 1. The summed E-state index contributed by atoms with van der Waals surface area (Å²) < 4.78 is 8.12. The van der Waals surface area contributed by atoms with E-state index in [0.717, 1.165) is 63.9 Å². The van der Waals surface area contributed by atoms with Crippen molar-refractivity contribution in [3.8, 4) is 0 Å². The molecule has 2 aromatic rings. The number of nitrogens with one attached hydrogen (secondary N) is 1. The molecule has 4 rings (SSSR count). The van der Waals surface area contributed by atoms with E-state index in [9.17, 15) is 0 Å². The molecule has 0 amide bonds. The standard InChI is InChI=1S/C24H36N6O.HI/c1-5-25-24(26-12-11-21-18(2)27-28(4)19(21)3)30-16-22-23(17-30)31-14-13-29(22)15-20-9-7-6-8-10-20;/h6-10,22-23H,5,11-17H2,1-4H3,(H,25,26);1H. The number of hydrogen-bond acceptors (Lipinski definition) is 4. The first-order valence-electron chi connectivity index (χ1n) is 11.5. The maximum Gasteiger partial charge on any atom is 0.194 e. The van der Waals surface area contributed by atoms with E-state index < -0.39 is 0 Å². The van der Waals surface area contributed by atoms with E-state index in [4.69, 9.17) is 9.73 Å². The summed E-state index contributed by atoms with van der Waals surface area (Å²) in [4.78, 5) is 9.93. The van der Waals surface area contributed by atoms with Crippen molar-refractivity contribution in [2.45, 2.75) is 45.9 Å². The fourth-order valence-electron chi connectivity index (χ4n) is 4.82. The fourth-order valence-corrected chi connectivity index (χ4v) is 4.82. The molecular weight excluding hydrogens is 515 g/mol. The topological polar surface area (TPSA) is 57.9 Å². The lowest BCUT2D eigenvalue weighted by Gasteiger charge is -2.36. The Hall–Kier alpha value is -1.65. The molecule has 1 aromatic heterocycles. The van der Waals surface area contributed by atoms with Gasteiger partial charge in [0.2, 0.25) is 0 Å². The first-order valence-corrected chi connectivity index (χ1v) is 11.5. The van der Waals surface area contributed by atoms with Crippen molar-refractivity contribution < 1.29 is 4.74 Å². The Labute approximate surface area is 209 Å². The highest BCUT2D eigenvalue weighted by molar-refractivity contribution is 14.0. The monoisotopic (exact) mass is 552 g/mol. The summed E-state index contributed by atoms with van der Waals surface area (Å²) in [5.74, 6) is 0.999. The summed E-state index contributed by atoms with van der Waals surface area (Å²) in [7, 11) is 2.01. The highest BCUT2D eigenvalue weighted by Gasteiger charge is 2.41. The summed E-state index contributed by atoms with van der Waals surface area (Å²) >= 11 is 0. The van der Waals surface area contributed by atoms with Gasteiger partial charge in [0.15, 0.2) is 5.96 Å². The molecule has 0 aliphatic carbocycles. The number of nitrogens with zero attached hydrogens (tertiary/aromatic N) is 5. The predicted octanol–water partition coefficient (Wildman–Crippen LogP) is 2.75. The molecule has 2 aliphatic heterocycles. The Morgan fingerprint density at radius 3 is 2.69 bits per heavy atom. The van der Waals surface area contributed by atoms with Gasteiger partial charge in [0.05, 0.1) is 24.4 Å². The third-order valence-corrected chi connectivity index (χ3v) is 6.56. The normalized spacial score (nSPS) is 21.4. The van der Waals surface area contributed by atoms with Crippen molar-refractivity contribution >= 4 is 29.9 Å². The van der Waals surface area contributed by atoms with Crippen LogP contribution in [-0.4, -0.2) is 77.0 Å². The summed E-state index contributed by atoms with van der Waals surface area (Å²) in [6.07, 6.45) is 1.15. The van der Waals surface area contributed by atoms with E-state index in [1.807, 2.05) is 11.7 Å². The lowest BCUT2D eigenvalue weighted by atomic mass is 10.1. The number of halogens is 1. The smallest absolute Gasteiger partial charge is 0.194 e. The first kappa shape index (κ1) is 25.0. The van der Waals surface area contributed by atoms with E-state index in [1.54, 1.807) is 0 Å². The molecule has 0 radical (unpaired) electrons. The summed E-state index contributed by atoms with van der Waals surface area (Å²) in [6, 6.07) is 11.2. The van der Waals surface area contributed by atoms with Gasteiger partial charge in [0.1, 0.15) is 0 Å². The zero-order valence-corrected chi connectivity index (χ0v) is 22.1. The van der Waals surface area contributed by atoms with Crippen molar-refractivity contribution in [2.24, 2.45) is 12.0 Å². The number of likely N-dealkylation sites (tertiary alicyclic amines) is 1. The van der Waals surface area contributed by atoms with Crippen LogP contribution in [0.2, 0.25) is 0 Å². The Morgan fingerprint density at radius 2 is 2.00 bits per heavy atom. The van der Waals surface area contributed by atoms with Gasteiger partial charge in [-0.3, -0.25) is 14.6 Å². The second-order valence-corrected chi connectivity index (χ2v) is 8.60. The molecule has 0 spiro atoms. The van der Waals surface area contributed by atoms with Crippen LogP contribution >= 0.6 is 24.0 Å². The van der Waals surface area contributed by atoms with Crippen LogP contribution in [0.1, 0.15) is 29.4 Å². The van der Waals surface area contributed by atoms with Crippen LogP contribution in [0.3, 0.4) is 0 Å². The second-order valence-electron chi connectivity index (χ2n) is 8.60. The molecule has 2 aliphatic rings. The molecule has 0 bridgehead atoms. The van der Waals surface area contributed by atoms with Crippen LogP contribution in [0, 0.1) is 13.8 Å². The van der Waals surface area contributed by atoms with Gasteiger partial charge in [-0.05, 0) is 38.3 Å². The largest absolute Gasteiger partial charge is 0.373 e. The van der Waals surface area contributed by atoms with Crippen molar-refractivity contribution in [2.75, 3.05) is 39.3 Å². The van der Waals surface area contributed by atoms with Gasteiger partial charge in [-0.25, -0.2) is 0 Å². The Morgan fingerprint density at radius 1 is 1.22 bits per heavy atom. The molecule has 176 valence electrons. The van der Waals surface area contributed by atoms with E-state index in [2.05, 4.69) is 71.3 Å². The molecule has 32 heavy (non-hydrogen) atoms. The highest BCUT2D eigenvalue weighted by Crippen LogP contribution is 2.25. The van der Waals surface area contributed by atoms with Crippen LogP contribution in [0.4, 0.5) is 0 Å². The molecule has 1 N–H and O–H groups in total. The molecule has 8 heteroatoms. The molecule has 3 heterocycles. The van der Waals surface area contributed by atoms with Gasteiger partial charge in [0, 0.05) is 52.0 Å². The maximum absolute atomic E-state index is 6.16. The quantitative estimate of drug-likeness (QED) is 0.340. The lowest BCUT2D eigenvalue weighted by molar-refractivity contribution is -0.0502. The number of guanidine groups is 1. The average Bonchev–Trinajstić information content (AvgIpc) is 3.30. The van der Waals surface area contributed by atoms with Crippen molar-refractivity contribution in [3.05, 3.63) is 52.8 Å². The maximum atomic E-state index is 6.16.